The SMILES string of the molecule is CCc1nc2cc(Br)cnc2n1C[C@@H]1CO1. The number of pyridine rings is 1. The molecule has 0 radical (unpaired) electrons. The average Bonchev–Trinajstić information content (AvgIpc) is 3.01. The van der Waals surface area contributed by atoms with Gasteiger partial charge < -0.3 is 9.30 Å². The number of rotatable bonds is 3. The van der Waals surface area contributed by atoms with Gasteiger partial charge in [0.2, 0.25) is 0 Å². The minimum atomic E-state index is 0.355. The Hall–Kier alpha value is -0.940. The maximum absolute atomic E-state index is 5.27. The highest BCUT2D eigenvalue weighted by Crippen LogP contribution is 2.21. The van der Waals surface area contributed by atoms with Crippen molar-refractivity contribution in [1.29, 1.82) is 0 Å². The molecule has 0 bridgehead atoms. The van der Waals surface area contributed by atoms with E-state index in [-0.39, 0.29) is 0 Å². The van der Waals surface area contributed by atoms with E-state index in [0.29, 0.717) is 6.10 Å². The molecule has 0 aliphatic carbocycles. The van der Waals surface area contributed by atoms with Gasteiger partial charge in [-0.15, -0.1) is 0 Å². The van der Waals surface area contributed by atoms with Crippen molar-refractivity contribution < 1.29 is 4.74 Å². The molecule has 1 aliphatic heterocycles. The van der Waals surface area contributed by atoms with Crippen LogP contribution in [0.15, 0.2) is 16.7 Å². The minimum absolute atomic E-state index is 0.355. The maximum Gasteiger partial charge on any atom is 0.160 e. The molecule has 0 amide bonds. The van der Waals surface area contributed by atoms with Crippen LogP contribution in [0.5, 0.6) is 0 Å². The lowest BCUT2D eigenvalue weighted by atomic mass is 10.4. The van der Waals surface area contributed by atoms with Gasteiger partial charge in [0, 0.05) is 17.1 Å². The predicted octanol–water partition coefficient (Wildman–Crippen LogP) is 2.15. The molecular formula is C11H12BrN3O. The van der Waals surface area contributed by atoms with Crippen molar-refractivity contribution in [2.45, 2.75) is 26.0 Å². The van der Waals surface area contributed by atoms with E-state index in [1.54, 1.807) is 0 Å². The zero-order valence-electron chi connectivity index (χ0n) is 8.98. The first-order chi connectivity index (χ1) is 7.78. The third-order valence-electron chi connectivity index (χ3n) is 2.74. The van der Waals surface area contributed by atoms with E-state index < -0.39 is 0 Å². The fourth-order valence-electron chi connectivity index (χ4n) is 1.87. The highest BCUT2D eigenvalue weighted by atomic mass is 79.9. The normalized spacial score (nSPS) is 19.2. The molecule has 0 aromatic carbocycles. The monoisotopic (exact) mass is 281 g/mol. The number of halogens is 1. The number of epoxide rings is 1. The summed E-state index contributed by atoms with van der Waals surface area (Å²) in [5.41, 5.74) is 1.91. The molecule has 0 spiro atoms. The van der Waals surface area contributed by atoms with E-state index in [0.717, 1.165) is 41.0 Å². The number of fused-ring (bicyclic) bond motifs is 1. The van der Waals surface area contributed by atoms with Crippen LogP contribution in [-0.4, -0.2) is 27.2 Å². The maximum atomic E-state index is 5.27. The molecular weight excluding hydrogens is 270 g/mol. The van der Waals surface area contributed by atoms with Crippen LogP contribution >= 0.6 is 15.9 Å². The van der Waals surface area contributed by atoms with E-state index in [4.69, 9.17) is 4.74 Å². The number of aromatic nitrogens is 3. The quantitative estimate of drug-likeness (QED) is 0.810. The van der Waals surface area contributed by atoms with Crippen LogP contribution in [-0.2, 0) is 17.7 Å². The zero-order chi connectivity index (χ0) is 11.1. The molecule has 16 heavy (non-hydrogen) atoms. The Labute approximate surface area is 102 Å². The van der Waals surface area contributed by atoms with E-state index in [1.165, 1.54) is 0 Å². The predicted molar refractivity (Wildman–Crippen MR) is 64.3 cm³/mol. The largest absolute Gasteiger partial charge is 0.371 e. The van der Waals surface area contributed by atoms with Crippen molar-refractivity contribution in [3.05, 3.63) is 22.6 Å². The van der Waals surface area contributed by atoms with E-state index in [2.05, 4.69) is 37.4 Å². The van der Waals surface area contributed by atoms with E-state index >= 15 is 0 Å². The van der Waals surface area contributed by atoms with Gasteiger partial charge in [-0.25, -0.2) is 9.97 Å². The highest BCUT2D eigenvalue weighted by Gasteiger charge is 2.25. The van der Waals surface area contributed by atoms with Crippen molar-refractivity contribution in [3.63, 3.8) is 0 Å². The molecule has 2 aromatic rings. The van der Waals surface area contributed by atoms with Crippen LogP contribution in [0.2, 0.25) is 0 Å². The lowest BCUT2D eigenvalue weighted by Gasteiger charge is -2.04. The first kappa shape index (κ1) is 10.2. The second-order valence-corrected chi connectivity index (χ2v) is 4.86. The van der Waals surface area contributed by atoms with Gasteiger partial charge in [0.1, 0.15) is 11.3 Å². The molecule has 3 heterocycles. The smallest absolute Gasteiger partial charge is 0.160 e. The second kappa shape index (κ2) is 3.82. The first-order valence-electron chi connectivity index (χ1n) is 5.40. The minimum Gasteiger partial charge on any atom is -0.371 e. The summed E-state index contributed by atoms with van der Waals surface area (Å²) >= 11 is 3.41. The summed E-state index contributed by atoms with van der Waals surface area (Å²) < 4.78 is 8.40. The molecule has 5 heteroatoms. The van der Waals surface area contributed by atoms with E-state index in [9.17, 15) is 0 Å². The number of aryl methyl sites for hydroxylation is 1. The van der Waals surface area contributed by atoms with Gasteiger partial charge in [0.15, 0.2) is 5.65 Å². The van der Waals surface area contributed by atoms with Crippen molar-refractivity contribution in [2.24, 2.45) is 0 Å². The molecule has 2 aromatic heterocycles. The fraction of sp³-hybridized carbons (Fsp3) is 0.455. The van der Waals surface area contributed by atoms with Gasteiger partial charge in [0.25, 0.3) is 0 Å². The van der Waals surface area contributed by atoms with Gasteiger partial charge in [-0.1, -0.05) is 6.92 Å². The molecule has 3 rings (SSSR count). The second-order valence-electron chi connectivity index (χ2n) is 3.94. The molecule has 84 valence electrons. The molecule has 0 N–H and O–H groups in total. The number of imidazole rings is 1. The third-order valence-corrected chi connectivity index (χ3v) is 3.17. The van der Waals surface area contributed by atoms with Crippen LogP contribution in [0.3, 0.4) is 0 Å². The third kappa shape index (κ3) is 1.74. The van der Waals surface area contributed by atoms with Gasteiger partial charge in [-0.2, -0.15) is 0 Å². The Bertz CT molecular complexity index is 533. The summed E-state index contributed by atoms with van der Waals surface area (Å²) in [5, 5.41) is 0. The van der Waals surface area contributed by atoms with Crippen molar-refractivity contribution in [2.75, 3.05) is 6.61 Å². The summed E-state index contributed by atoms with van der Waals surface area (Å²) in [6.45, 7) is 3.84. The van der Waals surface area contributed by atoms with Crippen molar-refractivity contribution >= 4 is 27.1 Å². The lowest BCUT2D eigenvalue weighted by molar-refractivity contribution is 0.382. The summed E-state index contributed by atoms with van der Waals surface area (Å²) in [6.07, 6.45) is 3.09. The van der Waals surface area contributed by atoms with Crippen molar-refractivity contribution in [1.82, 2.24) is 14.5 Å². The van der Waals surface area contributed by atoms with Crippen LogP contribution in [0.25, 0.3) is 11.2 Å². The Kier molecular flexibility index (Phi) is 2.44. The molecule has 1 aliphatic rings. The van der Waals surface area contributed by atoms with Gasteiger partial charge in [-0.3, -0.25) is 0 Å². The van der Waals surface area contributed by atoms with Gasteiger partial charge in [0.05, 0.1) is 19.3 Å². The Morgan fingerprint density at radius 1 is 1.62 bits per heavy atom. The van der Waals surface area contributed by atoms with E-state index in [1.807, 2.05) is 12.3 Å². The summed E-state index contributed by atoms with van der Waals surface area (Å²) in [7, 11) is 0. The Morgan fingerprint density at radius 2 is 2.44 bits per heavy atom. The van der Waals surface area contributed by atoms with Crippen molar-refractivity contribution in [3.8, 4) is 0 Å². The molecule has 0 unspecified atom stereocenters. The summed E-state index contributed by atoms with van der Waals surface area (Å²) in [5.74, 6) is 1.08. The molecule has 0 saturated carbocycles. The molecule has 4 nitrogen and oxygen atoms in total. The number of hydrogen-bond donors (Lipinski definition) is 0. The lowest BCUT2D eigenvalue weighted by Crippen LogP contribution is -2.08. The molecule has 1 atom stereocenters. The number of hydrogen-bond acceptors (Lipinski definition) is 3. The molecule has 1 saturated heterocycles. The zero-order valence-corrected chi connectivity index (χ0v) is 10.6. The van der Waals surface area contributed by atoms with Crippen LogP contribution in [0.1, 0.15) is 12.7 Å². The Balaban J connectivity index is 2.13. The topological polar surface area (TPSA) is 43.2 Å². The first-order valence-corrected chi connectivity index (χ1v) is 6.19. The number of nitrogens with zero attached hydrogens (tertiary/aromatic N) is 3. The summed E-state index contributed by atoms with van der Waals surface area (Å²) in [6, 6.07) is 2.01. The van der Waals surface area contributed by atoms with Gasteiger partial charge >= 0.3 is 0 Å². The molecule has 1 fully saturated rings. The fourth-order valence-corrected chi connectivity index (χ4v) is 2.19. The summed E-state index contributed by atoms with van der Waals surface area (Å²) in [4.78, 5) is 9.02. The van der Waals surface area contributed by atoms with Crippen LogP contribution < -0.4 is 0 Å². The standard InChI is InChI=1S/C11H12BrN3O/c1-2-10-14-9-3-7(12)4-13-11(9)15(10)5-8-6-16-8/h3-4,8H,2,5-6H2,1H3/t8-/m1/s1. The highest BCUT2D eigenvalue weighted by molar-refractivity contribution is 9.10. The van der Waals surface area contributed by atoms with Gasteiger partial charge in [-0.05, 0) is 22.0 Å². The van der Waals surface area contributed by atoms with Crippen LogP contribution in [0.4, 0.5) is 0 Å². The average molecular weight is 282 g/mol. The Morgan fingerprint density at radius 3 is 3.12 bits per heavy atom. The number of ether oxygens (including phenoxy) is 1. The van der Waals surface area contributed by atoms with Crippen LogP contribution in [0, 0.1) is 0 Å².